The summed E-state index contributed by atoms with van der Waals surface area (Å²) in [6.07, 6.45) is 1.67. The zero-order valence-electron chi connectivity index (χ0n) is 22.6. The van der Waals surface area contributed by atoms with Crippen molar-refractivity contribution in [2.75, 3.05) is 30.4 Å². The third kappa shape index (κ3) is 6.50. The highest BCUT2D eigenvalue weighted by Gasteiger charge is 2.33. The summed E-state index contributed by atoms with van der Waals surface area (Å²) in [5.74, 6) is -5.10. The molecule has 0 bridgehead atoms. The van der Waals surface area contributed by atoms with E-state index in [1.54, 1.807) is 13.1 Å². The third-order valence-electron chi connectivity index (χ3n) is 5.99. The summed E-state index contributed by atoms with van der Waals surface area (Å²) in [5.41, 5.74) is 5.43. The van der Waals surface area contributed by atoms with Crippen molar-refractivity contribution in [1.82, 2.24) is 24.6 Å². The average Bonchev–Trinajstić information content (AvgIpc) is 3.39. The Balaban J connectivity index is 1.87. The molecule has 0 aliphatic carbocycles. The maximum atomic E-state index is 16.4. The minimum atomic E-state index is -5.14. The van der Waals surface area contributed by atoms with Gasteiger partial charge >= 0.3 is 12.1 Å². The number of carbonyl (C=O) groups is 2. The van der Waals surface area contributed by atoms with Crippen molar-refractivity contribution < 1.29 is 41.0 Å². The molecule has 0 aliphatic rings. The van der Waals surface area contributed by atoms with Crippen LogP contribution < -0.4 is 10.0 Å². The molecule has 2 aromatic carbocycles. The molecule has 0 fully saturated rings. The van der Waals surface area contributed by atoms with Crippen molar-refractivity contribution in [3.05, 3.63) is 72.3 Å². The number of nitrogens with two attached hydrogens (primary N) is 1. The monoisotopic (exact) mass is 619 g/mol. The Hall–Kier alpha value is -5.19. The topological polar surface area (TPSA) is 174 Å². The van der Waals surface area contributed by atoms with Crippen LogP contribution in [0.3, 0.4) is 0 Å². The first-order valence-corrected chi connectivity index (χ1v) is 13.8. The number of aromatic nitrogens is 4. The third-order valence-corrected chi connectivity index (χ3v) is 7.74. The number of aryl methyl sites for hydroxylation is 1. The molecule has 0 atom stereocenters. The van der Waals surface area contributed by atoms with Crippen LogP contribution >= 0.6 is 0 Å². The fourth-order valence-corrected chi connectivity index (χ4v) is 5.35. The smallest absolute Gasteiger partial charge is 0.411 e. The minimum Gasteiger partial charge on any atom is -0.480 e. The highest BCUT2D eigenvalue weighted by Crippen LogP contribution is 2.37. The molecule has 17 heteroatoms. The number of rotatable bonds is 10. The van der Waals surface area contributed by atoms with Gasteiger partial charge in [0.25, 0.3) is 10.0 Å². The van der Waals surface area contributed by atoms with Gasteiger partial charge in [-0.25, -0.2) is 40.7 Å². The molecule has 226 valence electrons. The average molecular weight is 620 g/mol. The van der Waals surface area contributed by atoms with Gasteiger partial charge in [0.05, 0.1) is 11.4 Å². The van der Waals surface area contributed by atoms with Crippen LogP contribution in [0.1, 0.15) is 6.92 Å². The van der Waals surface area contributed by atoms with Crippen LogP contribution in [-0.4, -0.2) is 70.6 Å². The van der Waals surface area contributed by atoms with E-state index >= 15 is 4.39 Å². The normalized spacial score (nSPS) is 11.3. The van der Waals surface area contributed by atoms with Crippen LogP contribution in [0, 0.1) is 17.5 Å². The second-order valence-corrected chi connectivity index (χ2v) is 10.7. The lowest BCUT2D eigenvalue weighted by atomic mass is 10.0. The van der Waals surface area contributed by atoms with Crippen molar-refractivity contribution in [2.45, 2.75) is 18.4 Å². The molecule has 4 aromatic rings. The second-order valence-electron chi connectivity index (χ2n) is 8.90. The van der Waals surface area contributed by atoms with Crippen molar-refractivity contribution in [1.29, 1.82) is 0 Å². The molecule has 43 heavy (non-hydrogen) atoms. The summed E-state index contributed by atoms with van der Waals surface area (Å²) in [6.45, 7) is 0.109. The number of anilines is 2. The Morgan fingerprint density at radius 2 is 1.86 bits per heavy atom. The minimum absolute atomic E-state index is 0.0340. The van der Waals surface area contributed by atoms with Crippen molar-refractivity contribution in [3.8, 4) is 22.5 Å². The van der Waals surface area contributed by atoms with E-state index < -0.39 is 63.4 Å². The van der Waals surface area contributed by atoms with E-state index in [9.17, 15) is 26.8 Å². The first kappa shape index (κ1) is 30.8. The molecular weight excluding hydrogens is 595 g/mol. The summed E-state index contributed by atoms with van der Waals surface area (Å²) in [5, 5.41) is 13.3. The van der Waals surface area contributed by atoms with Crippen LogP contribution in [0.5, 0.6) is 0 Å². The Morgan fingerprint density at radius 3 is 2.53 bits per heavy atom. The first-order chi connectivity index (χ1) is 20.3. The molecule has 2 heterocycles. The van der Waals surface area contributed by atoms with E-state index in [1.165, 1.54) is 29.1 Å². The number of ether oxygens (including phenoxy) is 1. The fourth-order valence-electron chi connectivity index (χ4n) is 3.94. The Bertz CT molecular complexity index is 1800. The lowest BCUT2D eigenvalue weighted by molar-refractivity contribution is -0.137. The number of carbonyl (C=O) groups excluding carboxylic acids is 1. The number of nitrogen functional groups attached to an aromatic ring is 1. The van der Waals surface area contributed by atoms with Crippen LogP contribution in [0.15, 0.2) is 59.8 Å². The number of hydrogen-bond donors (Lipinski definition) is 2. The number of carboxylic acids is 1. The van der Waals surface area contributed by atoms with Gasteiger partial charge in [-0.05, 0) is 43.3 Å². The quantitative estimate of drug-likeness (QED) is 0.251. The standard InChI is InChI=1S/C26H24F3N7O6S/c1-3-35-12-17(19-9-10-31-25(30)32-19)24(33-35)16-5-4-6-20(23(16)29)36(14-42-26(39)34(2)13-22(37)38)43(40,41)21-11-15(27)7-8-18(21)28/h4-12H,3,13-14H2,1-2H3,(H,37,38)(H2,30,31,32). The number of halogens is 3. The number of likely N-dealkylation sites (N-methyl/N-ethyl adjacent to an activating group) is 1. The van der Waals surface area contributed by atoms with E-state index in [0.29, 0.717) is 35.2 Å². The molecule has 0 saturated carbocycles. The molecule has 3 N–H and O–H groups in total. The zero-order valence-corrected chi connectivity index (χ0v) is 23.4. The first-order valence-electron chi connectivity index (χ1n) is 12.4. The van der Waals surface area contributed by atoms with Gasteiger partial charge in [0.2, 0.25) is 5.95 Å². The Kier molecular flexibility index (Phi) is 8.84. The molecule has 13 nitrogen and oxygen atoms in total. The molecule has 0 spiro atoms. The Labute approximate surface area is 243 Å². The van der Waals surface area contributed by atoms with E-state index in [0.717, 1.165) is 13.1 Å². The van der Waals surface area contributed by atoms with E-state index in [4.69, 9.17) is 15.6 Å². The van der Waals surface area contributed by atoms with Gasteiger partial charge in [0, 0.05) is 37.1 Å². The van der Waals surface area contributed by atoms with Crippen LogP contribution in [0.4, 0.5) is 29.6 Å². The summed E-state index contributed by atoms with van der Waals surface area (Å²) in [7, 11) is -4.07. The van der Waals surface area contributed by atoms with E-state index in [2.05, 4.69) is 15.1 Å². The number of carboxylic acid groups (broad SMARTS) is 1. The predicted octanol–water partition coefficient (Wildman–Crippen LogP) is 3.33. The predicted molar refractivity (Wildman–Crippen MR) is 146 cm³/mol. The van der Waals surface area contributed by atoms with Gasteiger partial charge in [-0.3, -0.25) is 9.48 Å². The summed E-state index contributed by atoms with van der Waals surface area (Å²) < 4.78 is 79.0. The van der Waals surface area contributed by atoms with Crippen molar-refractivity contribution in [3.63, 3.8) is 0 Å². The maximum absolute atomic E-state index is 16.4. The van der Waals surface area contributed by atoms with Gasteiger partial charge in [-0.15, -0.1) is 0 Å². The van der Waals surface area contributed by atoms with Gasteiger partial charge in [0.15, 0.2) is 12.5 Å². The molecule has 2 aromatic heterocycles. The number of benzene rings is 2. The number of hydrogen-bond acceptors (Lipinski definition) is 9. The highest BCUT2D eigenvalue weighted by atomic mass is 32.2. The number of amides is 1. The molecule has 0 saturated heterocycles. The van der Waals surface area contributed by atoms with Crippen molar-refractivity contribution >= 4 is 33.7 Å². The van der Waals surface area contributed by atoms with Gasteiger partial charge in [-0.2, -0.15) is 5.10 Å². The molecule has 1 amide bonds. The van der Waals surface area contributed by atoms with Crippen molar-refractivity contribution in [2.24, 2.45) is 0 Å². The molecule has 4 rings (SSSR count). The van der Waals surface area contributed by atoms with Crippen LogP contribution in [0.25, 0.3) is 22.5 Å². The number of aliphatic carboxylic acids is 1. The Morgan fingerprint density at radius 1 is 1.12 bits per heavy atom. The van der Waals surface area contributed by atoms with E-state index in [-0.39, 0.29) is 27.2 Å². The summed E-state index contributed by atoms with van der Waals surface area (Å²) >= 11 is 0. The lowest BCUT2D eigenvalue weighted by Crippen LogP contribution is -2.39. The maximum Gasteiger partial charge on any atom is 0.411 e. The van der Waals surface area contributed by atoms with Gasteiger partial charge < -0.3 is 20.5 Å². The largest absolute Gasteiger partial charge is 0.480 e. The van der Waals surface area contributed by atoms with Crippen LogP contribution in [0.2, 0.25) is 0 Å². The number of nitrogens with zero attached hydrogens (tertiary/aromatic N) is 6. The number of sulfonamides is 1. The summed E-state index contributed by atoms with van der Waals surface area (Å²) in [4.78, 5) is 30.8. The molecular formula is C26H24F3N7O6S. The highest BCUT2D eigenvalue weighted by molar-refractivity contribution is 7.92. The molecule has 0 aliphatic heterocycles. The van der Waals surface area contributed by atoms with Gasteiger partial charge in [-0.1, -0.05) is 6.07 Å². The molecule has 0 unspecified atom stereocenters. The van der Waals surface area contributed by atoms with E-state index in [1.807, 2.05) is 0 Å². The SMILES string of the molecule is CCn1cc(-c2ccnc(N)n2)c(-c2cccc(N(COC(=O)N(C)CC(=O)O)S(=O)(=O)c3cc(F)ccc3F)c2F)n1. The molecule has 0 radical (unpaired) electrons. The summed E-state index contributed by atoms with van der Waals surface area (Å²) in [6, 6.07) is 6.74. The zero-order chi connectivity index (χ0) is 31.5. The lowest BCUT2D eigenvalue weighted by Gasteiger charge is -2.26. The second kappa shape index (κ2) is 12.4. The van der Waals surface area contributed by atoms with Gasteiger partial charge in [0.1, 0.15) is 28.8 Å². The van der Waals surface area contributed by atoms with Crippen LogP contribution in [-0.2, 0) is 26.1 Å². The fraction of sp³-hybridized carbons (Fsp3) is 0.192.